The summed E-state index contributed by atoms with van der Waals surface area (Å²) in [6.07, 6.45) is 0. The molecule has 0 amide bonds. The van der Waals surface area contributed by atoms with Gasteiger partial charge in [0.25, 0.3) is 0 Å². The topological polar surface area (TPSA) is 40.9 Å². The summed E-state index contributed by atoms with van der Waals surface area (Å²) in [5.74, 6) is -2.23. The van der Waals surface area contributed by atoms with Crippen molar-refractivity contribution in [2.24, 2.45) is 0 Å². The van der Waals surface area contributed by atoms with Crippen molar-refractivity contribution in [1.29, 1.82) is 5.26 Å². The second-order valence-electron chi connectivity index (χ2n) is 4.58. The van der Waals surface area contributed by atoms with E-state index in [0.717, 1.165) is 6.07 Å². The maximum absolute atomic E-state index is 13.4. The van der Waals surface area contributed by atoms with Gasteiger partial charge in [-0.25, -0.2) is 4.39 Å². The molecule has 0 fully saturated rings. The van der Waals surface area contributed by atoms with E-state index in [1.54, 1.807) is 25.1 Å². The van der Waals surface area contributed by atoms with Crippen LogP contribution in [0.4, 0.5) is 4.39 Å². The Hall–Kier alpha value is -1.89. The lowest BCUT2D eigenvalue weighted by atomic mass is 9.91. The summed E-state index contributed by atoms with van der Waals surface area (Å²) in [5, 5.41) is 9.78. The van der Waals surface area contributed by atoms with Crippen LogP contribution in [0.3, 0.4) is 0 Å². The van der Waals surface area contributed by atoms with E-state index in [9.17, 15) is 14.4 Å². The van der Waals surface area contributed by atoms with Crippen LogP contribution in [0.2, 0.25) is 10.0 Å². The van der Waals surface area contributed by atoms with E-state index in [2.05, 4.69) is 0 Å². The molecule has 0 aromatic heterocycles. The van der Waals surface area contributed by atoms with Crippen molar-refractivity contribution in [3.63, 3.8) is 0 Å². The van der Waals surface area contributed by atoms with Gasteiger partial charge in [-0.2, -0.15) is 5.26 Å². The molecule has 106 valence electrons. The van der Waals surface area contributed by atoms with Crippen molar-refractivity contribution in [2.45, 2.75) is 12.8 Å². The standard InChI is InChI=1S/C16H10Cl2FNO/c1-9-5-10(7-11(19)6-9)16(21)12(8-20)15-13(17)3-2-4-14(15)18/h2-7,12H,1H3. The van der Waals surface area contributed by atoms with Crippen molar-refractivity contribution in [3.8, 4) is 6.07 Å². The first-order valence-electron chi connectivity index (χ1n) is 6.09. The monoisotopic (exact) mass is 321 g/mol. The minimum absolute atomic E-state index is 0.120. The number of ketones is 1. The van der Waals surface area contributed by atoms with E-state index >= 15 is 0 Å². The molecule has 0 radical (unpaired) electrons. The molecule has 1 unspecified atom stereocenters. The fraction of sp³-hybridized carbons (Fsp3) is 0.125. The molecule has 2 nitrogen and oxygen atoms in total. The van der Waals surface area contributed by atoms with Crippen LogP contribution in [-0.4, -0.2) is 5.78 Å². The zero-order valence-corrected chi connectivity index (χ0v) is 12.5. The zero-order valence-electron chi connectivity index (χ0n) is 11.0. The second-order valence-corrected chi connectivity index (χ2v) is 5.39. The maximum Gasteiger partial charge on any atom is 0.184 e. The van der Waals surface area contributed by atoms with Crippen LogP contribution in [0, 0.1) is 24.1 Å². The van der Waals surface area contributed by atoms with Gasteiger partial charge in [0, 0.05) is 21.2 Å². The Kier molecular flexibility index (Phi) is 4.62. The van der Waals surface area contributed by atoms with Crippen molar-refractivity contribution >= 4 is 29.0 Å². The molecule has 0 N–H and O–H groups in total. The Morgan fingerprint density at radius 1 is 1.24 bits per heavy atom. The lowest BCUT2D eigenvalue weighted by molar-refractivity contribution is 0.0978. The van der Waals surface area contributed by atoms with Gasteiger partial charge in [-0.3, -0.25) is 4.79 Å². The van der Waals surface area contributed by atoms with E-state index in [1.165, 1.54) is 12.1 Å². The molecular weight excluding hydrogens is 312 g/mol. The lowest BCUT2D eigenvalue weighted by Gasteiger charge is -2.13. The number of aryl methyl sites for hydroxylation is 1. The number of Topliss-reactive ketones (excluding diaryl/α,β-unsaturated/α-hetero) is 1. The minimum Gasteiger partial charge on any atom is -0.292 e. The fourth-order valence-electron chi connectivity index (χ4n) is 2.09. The molecule has 0 spiro atoms. The molecule has 21 heavy (non-hydrogen) atoms. The summed E-state index contributed by atoms with van der Waals surface area (Å²) in [5.41, 5.74) is 0.963. The number of hydrogen-bond acceptors (Lipinski definition) is 2. The molecule has 2 aromatic carbocycles. The van der Waals surface area contributed by atoms with Crippen LogP contribution < -0.4 is 0 Å². The Morgan fingerprint density at radius 3 is 2.38 bits per heavy atom. The van der Waals surface area contributed by atoms with Crippen LogP contribution in [0.25, 0.3) is 0 Å². The minimum atomic E-state index is -1.17. The first-order valence-corrected chi connectivity index (χ1v) is 6.84. The summed E-state index contributed by atoms with van der Waals surface area (Å²) in [7, 11) is 0. The second kappa shape index (κ2) is 6.26. The van der Waals surface area contributed by atoms with Gasteiger partial charge in [0.05, 0.1) is 6.07 Å². The third-order valence-corrected chi connectivity index (χ3v) is 3.67. The van der Waals surface area contributed by atoms with Crippen molar-refractivity contribution in [3.05, 3.63) is 69.0 Å². The third-order valence-electron chi connectivity index (χ3n) is 3.01. The van der Waals surface area contributed by atoms with Gasteiger partial charge in [0.2, 0.25) is 0 Å². The van der Waals surface area contributed by atoms with Crippen LogP contribution in [0.15, 0.2) is 36.4 Å². The van der Waals surface area contributed by atoms with Crippen LogP contribution in [0.5, 0.6) is 0 Å². The van der Waals surface area contributed by atoms with Crippen molar-refractivity contribution in [1.82, 2.24) is 0 Å². The van der Waals surface area contributed by atoms with E-state index in [1.807, 2.05) is 6.07 Å². The quantitative estimate of drug-likeness (QED) is 0.752. The summed E-state index contributed by atoms with van der Waals surface area (Å²) in [6.45, 7) is 1.67. The molecule has 2 rings (SSSR count). The van der Waals surface area contributed by atoms with Crippen LogP contribution >= 0.6 is 23.2 Å². The highest BCUT2D eigenvalue weighted by molar-refractivity contribution is 6.36. The Bertz CT molecular complexity index is 712. The molecule has 2 aromatic rings. The van der Waals surface area contributed by atoms with E-state index < -0.39 is 17.5 Å². The molecule has 0 aliphatic rings. The van der Waals surface area contributed by atoms with E-state index in [4.69, 9.17) is 23.2 Å². The highest BCUT2D eigenvalue weighted by Crippen LogP contribution is 2.33. The van der Waals surface area contributed by atoms with Crippen molar-refractivity contribution < 1.29 is 9.18 Å². The maximum atomic E-state index is 13.4. The molecule has 5 heteroatoms. The van der Waals surface area contributed by atoms with Gasteiger partial charge in [0.15, 0.2) is 5.78 Å². The predicted molar refractivity (Wildman–Crippen MR) is 80.3 cm³/mol. The molecule has 0 saturated heterocycles. The summed E-state index contributed by atoms with van der Waals surface area (Å²) in [4.78, 5) is 12.5. The Labute approximate surface area is 131 Å². The molecule has 0 bridgehead atoms. The number of nitriles is 1. The molecular formula is C16H10Cl2FNO. The van der Waals surface area contributed by atoms with Gasteiger partial charge >= 0.3 is 0 Å². The highest BCUT2D eigenvalue weighted by atomic mass is 35.5. The summed E-state index contributed by atoms with van der Waals surface area (Å²) < 4.78 is 13.4. The summed E-state index contributed by atoms with van der Waals surface area (Å²) >= 11 is 12.1. The molecule has 0 aliphatic carbocycles. The number of rotatable bonds is 3. The van der Waals surface area contributed by atoms with Crippen LogP contribution in [0.1, 0.15) is 27.4 Å². The number of carbonyl (C=O) groups is 1. The van der Waals surface area contributed by atoms with E-state index in [-0.39, 0.29) is 21.2 Å². The Balaban J connectivity index is 2.52. The van der Waals surface area contributed by atoms with Gasteiger partial charge in [-0.05, 0) is 42.8 Å². The smallest absolute Gasteiger partial charge is 0.184 e. The Morgan fingerprint density at radius 2 is 1.86 bits per heavy atom. The molecule has 1 atom stereocenters. The number of benzene rings is 2. The normalized spacial score (nSPS) is 11.8. The largest absolute Gasteiger partial charge is 0.292 e. The molecule has 0 saturated carbocycles. The molecule has 0 heterocycles. The fourth-order valence-corrected chi connectivity index (χ4v) is 2.70. The van der Waals surface area contributed by atoms with E-state index in [0.29, 0.717) is 5.56 Å². The summed E-state index contributed by atoms with van der Waals surface area (Å²) in [6, 6.07) is 10.6. The molecule has 0 aliphatic heterocycles. The zero-order chi connectivity index (χ0) is 15.6. The third kappa shape index (κ3) is 3.24. The first-order chi connectivity index (χ1) is 9.93. The predicted octanol–water partition coefficient (Wildman–Crippen LogP) is 4.93. The van der Waals surface area contributed by atoms with Gasteiger partial charge in [-0.1, -0.05) is 29.3 Å². The highest BCUT2D eigenvalue weighted by Gasteiger charge is 2.26. The number of nitrogens with zero attached hydrogens (tertiary/aromatic N) is 1. The average molecular weight is 322 g/mol. The lowest BCUT2D eigenvalue weighted by Crippen LogP contribution is -2.13. The SMILES string of the molecule is Cc1cc(F)cc(C(=O)C(C#N)c2c(Cl)cccc2Cl)c1. The van der Waals surface area contributed by atoms with Gasteiger partial charge in [-0.15, -0.1) is 0 Å². The number of halogens is 3. The van der Waals surface area contributed by atoms with Gasteiger partial charge in [0.1, 0.15) is 11.7 Å². The first kappa shape index (κ1) is 15.5. The number of carbonyl (C=O) groups excluding carboxylic acids is 1. The van der Waals surface area contributed by atoms with Crippen molar-refractivity contribution in [2.75, 3.05) is 0 Å². The van der Waals surface area contributed by atoms with Gasteiger partial charge < -0.3 is 0 Å². The number of hydrogen-bond donors (Lipinski definition) is 0. The average Bonchev–Trinajstić information content (AvgIpc) is 2.41. The van der Waals surface area contributed by atoms with Crippen LogP contribution in [-0.2, 0) is 0 Å².